The van der Waals surface area contributed by atoms with Crippen LogP contribution in [0.25, 0.3) is 0 Å². The summed E-state index contributed by atoms with van der Waals surface area (Å²) in [4.78, 5) is 66.2. The Hall–Kier alpha value is -5.66. The molecule has 19 heteroatoms. The number of allylic oxidation sites excluding steroid dienone is 6. The number of nitrogens with zero attached hydrogens (tertiary/aromatic N) is 1. The summed E-state index contributed by atoms with van der Waals surface area (Å²) in [6, 6.07) is 17.3. The number of hydrogen-bond acceptors (Lipinski definition) is 15. The largest absolute Gasteiger partial charge is 3.00 e. The summed E-state index contributed by atoms with van der Waals surface area (Å²) >= 11 is 0. The number of ketones is 6. The second-order valence-corrected chi connectivity index (χ2v) is 13.6. The molecule has 0 N–H and O–H groups in total. The van der Waals surface area contributed by atoms with Crippen LogP contribution in [0.1, 0.15) is 62.1 Å². The molecule has 3 aliphatic carbocycles. The first-order chi connectivity index (χ1) is 22.2. The molecule has 16 nitrogen and oxygen atoms in total. The molecule has 0 unspecified atom stereocenters. The Bertz CT molecular complexity index is 2150. The predicted molar refractivity (Wildman–Crippen MR) is 161 cm³/mol. The van der Waals surface area contributed by atoms with E-state index in [1.54, 1.807) is 18.2 Å². The van der Waals surface area contributed by atoms with E-state index in [4.69, 9.17) is 0 Å². The van der Waals surface area contributed by atoms with Gasteiger partial charge in [-0.3, -0.25) is 28.8 Å². The third-order valence-corrected chi connectivity index (χ3v) is 9.10. The Morgan fingerprint density at radius 1 is 0.347 bits per heavy atom. The topological polar surface area (TPSA) is 305 Å². The fraction of sp³-hybridized carbons (Fsp3) is 0. The van der Waals surface area contributed by atoms with Gasteiger partial charge in [-0.05, 0) is 0 Å². The molecule has 3 aliphatic rings. The summed E-state index contributed by atoms with van der Waals surface area (Å²) in [7, 11) is -14.7. The molecule has 0 aliphatic heterocycles. The number of rotatable bonds is 3. The first-order valence-corrected chi connectivity index (χ1v) is 17.0. The smallest absolute Gasteiger partial charge is 0.744 e. The van der Waals surface area contributed by atoms with E-state index in [-0.39, 0.29) is 39.5 Å². The van der Waals surface area contributed by atoms with Gasteiger partial charge in [-0.2, -0.15) is 0 Å². The van der Waals surface area contributed by atoms with Crippen molar-refractivity contribution in [3.63, 3.8) is 0 Å². The maximum Gasteiger partial charge on any atom is 3.00 e. The molecule has 0 saturated heterocycles. The Morgan fingerprint density at radius 2 is 0.531 bits per heavy atom. The molecule has 0 atom stereocenters. The van der Waals surface area contributed by atoms with Gasteiger partial charge < -0.3 is 13.7 Å². The van der Waals surface area contributed by atoms with Crippen molar-refractivity contribution in [2.45, 2.75) is 0 Å². The summed E-state index contributed by atoms with van der Waals surface area (Å²) in [6.45, 7) is 0. The number of carbonyl (C=O) groups excluding carboxylic acids is 6. The number of benzene rings is 3. The highest BCUT2D eigenvalue weighted by Crippen LogP contribution is 2.25. The highest BCUT2D eigenvalue weighted by Gasteiger charge is 3.00. The van der Waals surface area contributed by atoms with E-state index in [2.05, 4.69) is 0 Å². The fourth-order valence-corrected chi connectivity index (χ4v) is 6.20. The molecule has 0 saturated carbocycles. The van der Waals surface area contributed by atoms with E-state index in [1.807, 2.05) is 0 Å². The maximum atomic E-state index is 11.6. The van der Waals surface area contributed by atoms with Gasteiger partial charge in [0.25, 0.3) is 0 Å². The molecule has 248 valence electrons. The monoisotopic (exact) mass is 725 g/mol. The Morgan fingerprint density at radius 3 is 0.714 bits per heavy atom. The summed E-state index contributed by atoms with van der Waals surface area (Å²) in [5.41, 5.74) is 0.179. The van der Waals surface area contributed by atoms with Gasteiger partial charge in [0.2, 0.25) is 17.3 Å². The van der Waals surface area contributed by atoms with Crippen molar-refractivity contribution in [1.29, 1.82) is 0 Å². The van der Waals surface area contributed by atoms with Crippen LogP contribution >= 0.6 is 0 Å². The molecule has 0 amide bonds. The lowest BCUT2D eigenvalue weighted by Gasteiger charge is -2.16. The summed E-state index contributed by atoms with van der Waals surface area (Å²) in [5.74, 6) is -4.72. The number of hydrogen-bond donors (Lipinski definition) is 0. The molecule has 49 heavy (non-hydrogen) atoms. The van der Waals surface area contributed by atoms with Crippen molar-refractivity contribution in [3.8, 4) is 0 Å². The van der Waals surface area contributed by atoms with E-state index in [1.165, 1.54) is 54.6 Å². The highest BCUT2D eigenvalue weighted by atomic mass is 32.2. The highest BCUT2D eigenvalue weighted by molar-refractivity contribution is 7.91. The van der Waals surface area contributed by atoms with Crippen LogP contribution in [0.15, 0.2) is 106 Å². The quantitative estimate of drug-likeness (QED) is 0.340. The van der Waals surface area contributed by atoms with Gasteiger partial charge in [0, 0.05) is 51.6 Å². The molecule has 0 heterocycles. The number of carbonyl (C=O) groups is 6. The molecule has 2 radical (unpaired) electrons. The van der Waals surface area contributed by atoms with Gasteiger partial charge in [-0.1, -0.05) is 72.8 Å². The molecule has 3 aromatic rings. The van der Waals surface area contributed by atoms with E-state index in [0.717, 1.165) is 0 Å². The Balaban J connectivity index is 0.000000197. The van der Waals surface area contributed by atoms with Gasteiger partial charge in [-0.25, -0.2) is 25.3 Å². The van der Waals surface area contributed by atoms with E-state index in [0.29, 0.717) is 18.2 Å². The average molecular weight is 726 g/mol. The molecule has 0 aromatic heterocycles. The van der Waals surface area contributed by atoms with Crippen molar-refractivity contribution in [3.05, 3.63) is 139 Å². The lowest BCUT2D eigenvalue weighted by atomic mass is 9.95. The third-order valence-electron chi connectivity index (χ3n) is 6.58. The van der Waals surface area contributed by atoms with Gasteiger partial charge >= 0.3 is 6.15 Å². The number of fused-ring (bicyclic) bond motifs is 3. The second-order valence-electron chi connectivity index (χ2n) is 9.61. The van der Waals surface area contributed by atoms with Crippen LogP contribution in [0.4, 0.5) is 0 Å². The summed E-state index contributed by atoms with van der Waals surface area (Å²) < 4.78 is 96.8. The van der Waals surface area contributed by atoms with Crippen molar-refractivity contribution >= 4 is 65.1 Å². The van der Waals surface area contributed by atoms with Crippen LogP contribution in [0.2, 0.25) is 0 Å². The van der Waals surface area contributed by atoms with E-state index < -0.39 is 79.8 Å². The molecule has 0 bridgehead atoms. The van der Waals surface area contributed by atoms with Crippen molar-refractivity contribution < 1.29 is 67.7 Å². The van der Waals surface area contributed by atoms with Crippen LogP contribution in [-0.4, -0.2) is 73.6 Å². The van der Waals surface area contributed by atoms with Crippen LogP contribution in [0, 0.1) is 0 Å². The lowest BCUT2D eigenvalue weighted by Crippen LogP contribution is -2.21. The number of Topliss-reactive ketones (excluding diaryl/α,β-unsaturated/α-hetero) is 3. The van der Waals surface area contributed by atoms with Gasteiger partial charge in [0.1, 0.15) is 45.1 Å². The van der Waals surface area contributed by atoms with Crippen molar-refractivity contribution in [2.24, 2.45) is 0 Å². The van der Waals surface area contributed by atoms with Crippen LogP contribution in [-0.2, 0) is 30.4 Å². The average Bonchev–Trinajstić information content (AvgIpc) is 3.01. The minimum absolute atomic E-state index is 0. The van der Waals surface area contributed by atoms with E-state index in [9.17, 15) is 67.7 Å². The predicted octanol–water partition coefficient (Wildman–Crippen LogP) is 1.00. The molecular formula is C30H15NO15S3. The zero-order valence-electron chi connectivity index (χ0n) is 24.0. The molecule has 6 rings (SSSR count). The lowest BCUT2D eigenvalue weighted by molar-refractivity contribution is 0.0989. The minimum atomic E-state index is -4.91. The van der Waals surface area contributed by atoms with Crippen LogP contribution < -0.4 is 6.15 Å². The zero-order chi connectivity index (χ0) is 35.8. The van der Waals surface area contributed by atoms with E-state index >= 15 is 0 Å². The Labute approximate surface area is 277 Å². The fourth-order valence-electron chi connectivity index (χ4n) is 4.43. The standard InChI is InChI=1S/3C10H6O5S.N/c3*11-8-5-9(16(13,14)15)10(12)7-4-2-1-3-6(7)8;/h3*1-5H,(H,13,14,15);/q;;;+3/p-3. The first kappa shape index (κ1) is 37.8. The molecular weight excluding hydrogens is 711 g/mol. The van der Waals surface area contributed by atoms with Gasteiger partial charge in [-0.15, -0.1) is 0 Å². The maximum absolute atomic E-state index is 11.6. The third kappa shape index (κ3) is 7.91. The van der Waals surface area contributed by atoms with Gasteiger partial charge in [0.05, 0.1) is 0 Å². The SMILES string of the molecule is O=C1C=C(S(=O)(=O)[O-])C(=O)c2ccccc21.O=C1C=C(S(=O)(=O)[O-])C(=O)c2ccccc21.O=C1C=C(S(=O)(=O)[O-])C(=O)c2ccccc21.[N+3]. The normalized spacial score (nSPS) is 15.4. The van der Waals surface area contributed by atoms with Crippen molar-refractivity contribution in [1.82, 2.24) is 6.15 Å². The molecule has 0 fully saturated rings. The first-order valence-electron chi connectivity index (χ1n) is 12.8. The van der Waals surface area contributed by atoms with Crippen molar-refractivity contribution in [2.75, 3.05) is 0 Å². The molecule has 3 aromatic carbocycles. The summed E-state index contributed by atoms with van der Waals surface area (Å²) in [6.07, 6.45) is 1.73. The minimum Gasteiger partial charge on any atom is -0.744 e. The molecule has 0 spiro atoms. The zero-order valence-corrected chi connectivity index (χ0v) is 26.4. The second kappa shape index (κ2) is 13.8. The van der Waals surface area contributed by atoms with Crippen LogP contribution in [0.5, 0.6) is 0 Å². The summed E-state index contributed by atoms with van der Waals surface area (Å²) in [5, 5.41) is 0. The van der Waals surface area contributed by atoms with Crippen LogP contribution in [0.3, 0.4) is 0 Å². The van der Waals surface area contributed by atoms with Gasteiger partial charge in [0.15, 0.2) is 17.3 Å². The Kier molecular flexibility index (Phi) is 10.7.